The van der Waals surface area contributed by atoms with E-state index in [1.54, 1.807) is 0 Å². The number of rotatable bonds is 3. The van der Waals surface area contributed by atoms with E-state index in [9.17, 15) is 8.78 Å². The predicted octanol–water partition coefficient (Wildman–Crippen LogP) is 1.33. The van der Waals surface area contributed by atoms with Gasteiger partial charge in [0.05, 0.1) is 6.54 Å². The van der Waals surface area contributed by atoms with Gasteiger partial charge in [-0.2, -0.15) is 0 Å². The largest absolute Gasteiger partial charge is 0.316 e. The Morgan fingerprint density at radius 1 is 1.54 bits per heavy atom. The van der Waals surface area contributed by atoms with E-state index in [0.29, 0.717) is 6.04 Å². The third-order valence-electron chi connectivity index (χ3n) is 2.42. The molecule has 0 spiro atoms. The zero-order valence-corrected chi connectivity index (χ0v) is 8.32. The minimum absolute atomic E-state index is 0.106. The first-order chi connectivity index (χ1) is 6.01. The van der Waals surface area contributed by atoms with Gasteiger partial charge in [-0.3, -0.25) is 4.90 Å². The van der Waals surface area contributed by atoms with Gasteiger partial charge in [-0.25, -0.2) is 8.78 Å². The molecular weight excluding hydrogens is 174 g/mol. The normalized spacial score (nSPS) is 26.3. The smallest absolute Gasteiger partial charge is 0.257 e. The summed E-state index contributed by atoms with van der Waals surface area (Å²) in [6.45, 7) is 2.43. The molecule has 78 valence electrons. The molecule has 1 saturated heterocycles. The number of hydrogen-bond acceptors (Lipinski definition) is 2. The molecule has 0 bridgehead atoms. The van der Waals surface area contributed by atoms with Crippen LogP contribution in [0, 0.1) is 0 Å². The Balaban J connectivity index is 2.34. The van der Waals surface area contributed by atoms with E-state index in [1.807, 2.05) is 11.9 Å². The van der Waals surface area contributed by atoms with Crippen molar-refractivity contribution >= 4 is 0 Å². The highest BCUT2D eigenvalue weighted by Crippen LogP contribution is 2.17. The Morgan fingerprint density at radius 3 is 2.77 bits per heavy atom. The summed E-state index contributed by atoms with van der Waals surface area (Å²) in [4.78, 5) is 1.84. The van der Waals surface area contributed by atoms with Crippen molar-refractivity contribution in [2.45, 2.75) is 31.7 Å². The van der Waals surface area contributed by atoms with E-state index in [1.165, 1.54) is 0 Å². The van der Waals surface area contributed by atoms with Crippen molar-refractivity contribution in [2.24, 2.45) is 0 Å². The quantitative estimate of drug-likeness (QED) is 0.725. The number of likely N-dealkylation sites (tertiary alicyclic amines) is 1. The van der Waals surface area contributed by atoms with Crippen molar-refractivity contribution in [3.8, 4) is 0 Å². The topological polar surface area (TPSA) is 15.3 Å². The lowest BCUT2D eigenvalue weighted by Crippen LogP contribution is -2.47. The van der Waals surface area contributed by atoms with Crippen molar-refractivity contribution < 1.29 is 8.78 Å². The lowest BCUT2D eigenvalue weighted by atomic mass is 10.1. The molecule has 4 heteroatoms. The van der Waals surface area contributed by atoms with Gasteiger partial charge >= 0.3 is 0 Å². The van der Waals surface area contributed by atoms with Crippen LogP contribution in [-0.2, 0) is 0 Å². The van der Waals surface area contributed by atoms with E-state index >= 15 is 0 Å². The van der Waals surface area contributed by atoms with Gasteiger partial charge in [0.1, 0.15) is 0 Å². The molecule has 1 N–H and O–H groups in total. The Labute approximate surface area is 78.3 Å². The fraction of sp³-hybridized carbons (Fsp3) is 1.00. The second-order valence-electron chi connectivity index (χ2n) is 3.93. The minimum atomic E-state index is -2.56. The zero-order valence-electron chi connectivity index (χ0n) is 8.32. The van der Waals surface area contributed by atoms with Crippen molar-refractivity contribution in [1.29, 1.82) is 0 Å². The molecular formula is C9H18F2N2. The fourth-order valence-corrected chi connectivity index (χ4v) is 1.83. The van der Waals surface area contributed by atoms with Crippen LogP contribution in [0.3, 0.4) is 0 Å². The second kappa shape index (κ2) is 4.33. The average molecular weight is 192 g/mol. The monoisotopic (exact) mass is 192 g/mol. The highest BCUT2D eigenvalue weighted by atomic mass is 19.3. The van der Waals surface area contributed by atoms with Crippen molar-refractivity contribution in [2.75, 3.05) is 26.7 Å². The second-order valence-corrected chi connectivity index (χ2v) is 3.93. The third kappa shape index (κ3) is 4.00. The Hall–Kier alpha value is -0.220. The number of nitrogens with one attached hydrogen (secondary N) is 1. The molecule has 1 rings (SSSR count). The SMILES string of the molecule is CNC1CCCN(CC(C)(F)F)C1. The molecule has 2 nitrogen and oxygen atoms in total. The first kappa shape index (κ1) is 10.9. The van der Waals surface area contributed by atoms with Crippen LogP contribution >= 0.6 is 0 Å². The van der Waals surface area contributed by atoms with Crippen LogP contribution < -0.4 is 5.32 Å². The molecule has 0 radical (unpaired) electrons. The van der Waals surface area contributed by atoms with Gasteiger partial charge in [0, 0.05) is 19.5 Å². The average Bonchev–Trinajstić information content (AvgIpc) is 2.01. The summed E-state index contributed by atoms with van der Waals surface area (Å²) in [5.41, 5.74) is 0. The first-order valence-electron chi connectivity index (χ1n) is 4.79. The van der Waals surface area contributed by atoms with Crippen LogP contribution in [-0.4, -0.2) is 43.5 Å². The van der Waals surface area contributed by atoms with Gasteiger partial charge in [0.15, 0.2) is 0 Å². The van der Waals surface area contributed by atoms with Gasteiger partial charge in [0.25, 0.3) is 5.92 Å². The van der Waals surface area contributed by atoms with E-state index in [4.69, 9.17) is 0 Å². The highest BCUT2D eigenvalue weighted by Gasteiger charge is 2.28. The maximum Gasteiger partial charge on any atom is 0.257 e. The van der Waals surface area contributed by atoms with E-state index < -0.39 is 5.92 Å². The van der Waals surface area contributed by atoms with Gasteiger partial charge in [-0.1, -0.05) is 0 Å². The summed E-state index contributed by atoms with van der Waals surface area (Å²) in [6, 6.07) is 0.385. The Bertz CT molecular complexity index is 156. The molecule has 1 aliphatic heterocycles. The number of piperidine rings is 1. The van der Waals surface area contributed by atoms with E-state index in [-0.39, 0.29) is 6.54 Å². The van der Waals surface area contributed by atoms with Crippen LogP contribution in [0.25, 0.3) is 0 Å². The molecule has 0 aliphatic carbocycles. The Kier molecular flexibility index (Phi) is 3.62. The Morgan fingerprint density at radius 2 is 2.23 bits per heavy atom. The summed E-state index contributed by atoms with van der Waals surface area (Å²) in [5.74, 6) is -2.56. The van der Waals surface area contributed by atoms with Crippen LogP contribution in [0.15, 0.2) is 0 Å². The molecule has 0 saturated carbocycles. The molecule has 0 aromatic carbocycles. The molecule has 1 fully saturated rings. The van der Waals surface area contributed by atoms with Crippen molar-refractivity contribution in [3.63, 3.8) is 0 Å². The van der Waals surface area contributed by atoms with Crippen LogP contribution in [0.4, 0.5) is 8.78 Å². The minimum Gasteiger partial charge on any atom is -0.316 e. The lowest BCUT2D eigenvalue weighted by Gasteiger charge is -2.33. The predicted molar refractivity (Wildman–Crippen MR) is 49.1 cm³/mol. The number of halogens is 2. The molecule has 1 unspecified atom stereocenters. The molecule has 1 aliphatic rings. The van der Waals surface area contributed by atoms with Gasteiger partial charge in [-0.05, 0) is 26.4 Å². The fourth-order valence-electron chi connectivity index (χ4n) is 1.83. The number of alkyl halides is 2. The maximum absolute atomic E-state index is 12.7. The number of hydrogen-bond donors (Lipinski definition) is 1. The molecule has 0 aromatic heterocycles. The lowest BCUT2D eigenvalue weighted by molar-refractivity contribution is -0.0214. The summed E-state index contributed by atoms with van der Waals surface area (Å²) in [5, 5.41) is 3.13. The molecule has 0 amide bonds. The highest BCUT2D eigenvalue weighted by molar-refractivity contribution is 4.79. The molecule has 1 heterocycles. The third-order valence-corrected chi connectivity index (χ3v) is 2.42. The van der Waals surface area contributed by atoms with E-state index in [2.05, 4.69) is 5.32 Å². The van der Waals surface area contributed by atoms with Crippen molar-refractivity contribution in [3.05, 3.63) is 0 Å². The van der Waals surface area contributed by atoms with Crippen molar-refractivity contribution in [1.82, 2.24) is 10.2 Å². The van der Waals surface area contributed by atoms with Gasteiger partial charge in [0.2, 0.25) is 0 Å². The zero-order chi connectivity index (χ0) is 9.90. The number of nitrogens with zero attached hydrogens (tertiary/aromatic N) is 1. The van der Waals surface area contributed by atoms with Crippen LogP contribution in [0.2, 0.25) is 0 Å². The summed E-state index contributed by atoms with van der Waals surface area (Å²) in [6.07, 6.45) is 2.11. The van der Waals surface area contributed by atoms with Gasteiger partial charge < -0.3 is 5.32 Å². The molecule has 13 heavy (non-hydrogen) atoms. The first-order valence-corrected chi connectivity index (χ1v) is 4.79. The van der Waals surface area contributed by atoms with Gasteiger partial charge in [-0.15, -0.1) is 0 Å². The standard InChI is InChI=1S/C9H18F2N2/c1-9(10,11)7-13-5-3-4-8(6-13)12-2/h8,12H,3-7H2,1-2H3. The van der Waals surface area contributed by atoms with Crippen LogP contribution in [0.5, 0.6) is 0 Å². The van der Waals surface area contributed by atoms with Crippen LogP contribution in [0.1, 0.15) is 19.8 Å². The number of likely N-dealkylation sites (N-methyl/N-ethyl adjacent to an activating group) is 1. The summed E-state index contributed by atoms with van der Waals surface area (Å²) < 4.78 is 25.4. The molecule has 0 aromatic rings. The maximum atomic E-state index is 12.7. The van der Waals surface area contributed by atoms with E-state index in [0.717, 1.165) is 32.9 Å². The molecule has 1 atom stereocenters. The summed E-state index contributed by atoms with van der Waals surface area (Å²) >= 11 is 0. The summed E-state index contributed by atoms with van der Waals surface area (Å²) in [7, 11) is 1.89.